The summed E-state index contributed by atoms with van der Waals surface area (Å²) >= 11 is 6.00. The maximum atomic E-state index is 12.5. The second-order valence-electron chi connectivity index (χ2n) is 5.69. The molecule has 1 aromatic carbocycles. The van der Waals surface area contributed by atoms with E-state index in [4.69, 9.17) is 17.3 Å². The SMILES string of the molecule is C=Cc1cc(Cl)cc(N=C(N)C(=O)C2CCN(S(=O)(=O)NC)CC2)c1. The Kier molecular flexibility index (Phi) is 6.34. The van der Waals surface area contributed by atoms with Crippen LogP contribution in [0.2, 0.25) is 5.02 Å². The van der Waals surface area contributed by atoms with E-state index in [1.165, 1.54) is 11.4 Å². The molecule has 0 atom stereocenters. The van der Waals surface area contributed by atoms with Gasteiger partial charge in [0.05, 0.1) is 5.69 Å². The monoisotopic (exact) mass is 384 g/mol. The van der Waals surface area contributed by atoms with Gasteiger partial charge in [0.15, 0.2) is 5.84 Å². The van der Waals surface area contributed by atoms with Crippen LogP contribution in [-0.2, 0) is 15.0 Å². The highest BCUT2D eigenvalue weighted by molar-refractivity contribution is 7.87. The Hall–Kier alpha value is -1.74. The minimum Gasteiger partial charge on any atom is -0.381 e. The lowest BCUT2D eigenvalue weighted by molar-refractivity contribution is -0.117. The Morgan fingerprint density at radius 1 is 1.40 bits per heavy atom. The van der Waals surface area contributed by atoms with Gasteiger partial charge in [0, 0.05) is 31.1 Å². The van der Waals surface area contributed by atoms with E-state index in [2.05, 4.69) is 16.3 Å². The molecule has 3 N–H and O–H groups in total. The molecular weight excluding hydrogens is 364 g/mol. The first-order chi connectivity index (χ1) is 11.8. The lowest BCUT2D eigenvalue weighted by Gasteiger charge is -2.29. The molecule has 0 spiro atoms. The van der Waals surface area contributed by atoms with Gasteiger partial charge < -0.3 is 5.73 Å². The molecule has 0 saturated carbocycles. The fourth-order valence-electron chi connectivity index (χ4n) is 2.67. The molecule has 1 fully saturated rings. The Balaban J connectivity index is 2.08. The fraction of sp³-hybridized carbons (Fsp3) is 0.375. The van der Waals surface area contributed by atoms with E-state index < -0.39 is 10.2 Å². The number of nitrogens with zero attached hydrogens (tertiary/aromatic N) is 2. The number of aliphatic imine (C=N–C) groups is 1. The molecular formula is C16H21ClN4O3S. The molecule has 1 aliphatic heterocycles. The average molecular weight is 385 g/mol. The molecule has 7 nitrogen and oxygen atoms in total. The van der Waals surface area contributed by atoms with Crippen molar-refractivity contribution in [2.24, 2.45) is 16.6 Å². The third-order valence-electron chi connectivity index (χ3n) is 4.07. The smallest absolute Gasteiger partial charge is 0.279 e. The van der Waals surface area contributed by atoms with Crippen LogP contribution in [0.5, 0.6) is 0 Å². The van der Waals surface area contributed by atoms with Gasteiger partial charge in [-0.25, -0.2) is 9.71 Å². The fourth-order valence-corrected chi connectivity index (χ4v) is 3.86. The van der Waals surface area contributed by atoms with E-state index in [0.29, 0.717) is 23.6 Å². The summed E-state index contributed by atoms with van der Waals surface area (Å²) in [6, 6.07) is 5.06. The largest absolute Gasteiger partial charge is 0.381 e. The number of halogens is 1. The third kappa shape index (κ3) is 4.88. The standard InChI is InChI=1S/C16H21ClN4O3S/c1-3-11-8-13(17)10-14(9-11)20-16(18)15(22)12-4-6-21(7-5-12)25(23,24)19-2/h3,8-10,12,19H,1,4-7H2,2H3,(H2,18,20). The summed E-state index contributed by atoms with van der Waals surface area (Å²) in [6.07, 6.45) is 2.44. The molecule has 2 rings (SSSR count). The Bertz CT molecular complexity index is 800. The number of amidine groups is 1. The number of piperidine rings is 1. The number of nitrogens with two attached hydrogens (primary N) is 1. The molecule has 9 heteroatoms. The van der Waals surface area contributed by atoms with Gasteiger partial charge in [-0.15, -0.1) is 0 Å². The van der Waals surface area contributed by atoms with Crippen molar-refractivity contribution in [3.8, 4) is 0 Å². The number of carbonyl (C=O) groups excluding carboxylic acids is 1. The maximum absolute atomic E-state index is 12.5. The number of benzene rings is 1. The summed E-state index contributed by atoms with van der Waals surface area (Å²) < 4.78 is 27.1. The number of ketones is 1. The number of hydrogen-bond donors (Lipinski definition) is 2. The summed E-state index contributed by atoms with van der Waals surface area (Å²) in [6.45, 7) is 4.21. The topological polar surface area (TPSA) is 105 Å². The van der Waals surface area contributed by atoms with Crippen molar-refractivity contribution in [2.45, 2.75) is 12.8 Å². The van der Waals surface area contributed by atoms with E-state index >= 15 is 0 Å². The molecule has 1 aromatic rings. The van der Waals surface area contributed by atoms with Crippen molar-refractivity contribution in [1.29, 1.82) is 0 Å². The average Bonchev–Trinajstić information content (AvgIpc) is 2.60. The van der Waals surface area contributed by atoms with Gasteiger partial charge in [0.1, 0.15) is 0 Å². The van der Waals surface area contributed by atoms with Gasteiger partial charge >= 0.3 is 0 Å². The predicted octanol–water partition coefficient (Wildman–Crippen LogP) is 1.72. The van der Waals surface area contributed by atoms with E-state index in [1.54, 1.807) is 24.3 Å². The van der Waals surface area contributed by atoms with Crippen LogP contribution < -0.4 is 10.5 Å². The van der Waals surface area contributed by atoms with Crippen molar-refractivity contribution in [2.75, 3.05) is 20.1 Å². The lowest BCUT2D eigenvalue weighted by atomic mass is 9.93. The number of rotatable bonds is 6. The highest BCUT2D eigenvalue weighted by Crippen LogP contribution is 2.24. The molecule has 0 amide bonds. The summed E-state index contributed by atoms with van der Waals surface area (Å²) in [4.78, 5) is 16.6. The lowest BCUT2D eigenvalue weighted by Crippen LogP contribution is -2.46. The quantitative estimate of drug-likeness (QED) is 0.575. The first-order valence-electron chi connectivity index (χ1n) is 7.77. The zero-order valence-corrected chi connectivity index (χ0v) is 15.5. The van der Waals surface area contributed by atoms with Crippen LogP contribution in [0.4, 0.5) is 5.69 Å². The maximum Gasteiger partial charge on any atom is 0.279 e. The summed E-state index contributed by atoms with van der Waals surface area (Å²) in [5, 5.41) is 0.474. The van der Waals surface area contributed by atoms with Crippen LogP contribution in [0, 0.1) is 5.92 Å². The third-order valence-corrected chi connectivity index (χ3v) is 5.84. The molecule has 0 aromatic heterocycles. The van der Waals surface area contributed by atoms with Crippen molar-refractivity contribution in [3.63, 3.8) is 0 Å². The zero-order valence-electron chi connectivity index (χ0n) is 13.9. The van der Waals surface area contributed by atoms with E-state index in [0.717, 1.165) is 5.56 Å². The molecule has 0 aliphatic carbocycles. The van der Waals surface area contributed by atoms with Crippen LogP contribution in [0.15, 0.2) is 29.8 Å². The van der Waals surface area contributed by atoms with Gasteiger partial charge in [-0.2, -0.15) is 12.7 Å². The predicted molar refractivity (Wildman–Crippen MR) is 100 cm³/mol. The zero-order chi connectivity index (χ0) is 18.6. The molecule has 136 valence electrons. The number of Topliss-reactive ketones (excluding diaryl/α,β-unsaturated/α-hetero) is 1. The first-order valence-corrected chi connectivity index (χ1v) is 9.58. The molecule has 1 aliphatic rings. The van der Waals surface area contributed by atoms with Crippen LogP contribution >= 0.6 is 11.6 Å². The molecule has 0 unspecified atom stereocenters. The van der Waals surface area contributed by atoms with Crippen LogP contribution in [0.25, 0.3) is 6.08 Å². The van der Waals surface area contributed by atoms with E-state index in [9.17, 15) is 13.2 Å². The molecule has 1 saturated heterocycles. The first kappa shape index (κ1) is 19.6. The molecule has 1 heterocycles. The van der Waals surface area contributed by atoms with Gasteiger partial charge in [-0.05, 0) is 36.6 Å². The highest BCUT2D eigenvalue weighted by atomic mass is 35.5. The van der Waals surface area contributed by atoms with E-state index in [-0.39, 0.29) is 30.6 Å². The summed E-state index contributed by atoms with van der Waals surface area (Å²) in [5.41, 5.74) is 7.11. The minimum atomic E-state index is -3.47. The Labute approximate surface area is 152 Å². The van der Waals surface area contributed by atoms with Crippen molar-refractivity contribution < 1.29 is 13.2 Å². The number of carbonyl (C=O) groups is 1. The highest BCUT2D eigenvalue weighted by Gasteiger charge is 2.31. The van der Waals surface area contributed by atoms with Gasteiger partial charge in [0.2, 0.25) is 5.78 Å². The van der Waals surface area contributed by atoms with Gasteiger partial charge in [0.25, 0.3) is 10.2 Å². The Morgan fingerprint density at radius 2 is 2.04 bits per heavy atom. The van der Waals surface area contributed by atoms with Gasteiger partial charge in [-0.3, -0.25) is 4.79 Å². The molecule has 25 heavy (non-hydrogen) atoms. The van der Waals surface area contributed by atoms with Crippen LogP contribution in [0.3, 0.4) is 0 Å². The van der Waals surface area contributed by atoms with Gasteiger partial charge in [-0.1, -0.05) is 24.3 Å². The van der Waals surface area contributed by atoms with Crippen molar-refractivity contribution in [3.05, 3.63) is 35.4 Å². The van der Waals surface area contributed by atoms with Crippen LogP contribution in [0.1, 0.15) is 18.4 Å². The summed E-state index contributed by atoms with van der Waals surface area (Å²) in [5.74, 6) is -0.723. The van der Waals surface area contributed by atoms with Crippen molar-refractivity contribution in [1.82, 2.24) is 9.03 Å². The van der Waals surface area contributed by atoms with Crippen molar-refractivity contribution >= 4 is 45.2 Å². The second-order valence-corrected chi connectivity index (χ2v) is 8.00. The number of hydrogen-bond acceptors (Lipinski definition) is 4. The molecule has 0 radical (unpaired) electrons. The second kappa shape index (κ2) is 8.09. The Morgan fingerprint density at radius 3 is 2.60 bits per heavy atom. The van der Waals surface area contributed by atoms with Crippen LogP contribution in [-0.4, -0.2) is 44.5 Å². The number of nitrogens with one attached hydrogen (secondary N) is 1. The van der Waals surface area contributed by atoms with E-state index in [1.807, 2.05) is 0 Å². The molecule has 0 bridgehead atoms. The summed E-state index contributed by atoms with van der Waals surface area (Å²) in [7, 11) is -2.10. The minimum absolute atomic E-state index is 0.104. The normalized spacial score (nSPS) is 17.4.